The van der Waals surface area contributed by atoms with E-state index in [4.69, 9.17) is 14.2 Å². The van der Waals surface area contributed by atoms with Crippen LogP contribution in [-0.2, 0) is 33.9 Å². The Hall–Kier alpha value is -5.18. The van der Waals surface area contributed by atoms with E-state index in [1.54, 1.807) is 37.3 Å². The summed E-state index contributed by atoms with van der Waals surface area (Å²) in [5.74, 6) is -0.772. The van der Waals surface area contributed by atoms with Crippen LogP contribution in [0.3, 0.4) is 0 Å². The molecule has 0 aromatic heterocycles. The molecule has 4 aromatic rings. The normalized spacial score (nSPS) is 11.2. The van der Waals surface area contributed by atoms with E-state index < -0.39 is 30.0 Å². The summed E-state index contributed by atoms with van der Waals surface area (Å²) >= 11 is 0. The van der Waals surface area contributed by atoms with Gasteiger partial charge in [-0.05, 0) is 47.9 Å². The molecule has 4 rings (SSSR count). The molecule has 9 heteroatoms. The second-order valence-electron chi connectivity index (χ2n) is 9.13. The number of amides is 2. The molecule has 0 aliphatic rings. The van der Waals surface area contributed by atoms with Crippen LogP contribution >= 0.6 is 0 Å². The zero-order valence-corrected chi connectivity index (χ0v) is 22.3. The summed E-state index contributed by atoms with van der Waals surface area (Å²) < 4.78 is 29.7. The molecular formula is C32H29FN2O6. The van der Waals surface area contributed by atoms with Crippen LogP contribution in [-0.4, -0.2) is 24.2 Å². The fourth-order valence-corrected chi connectivity index (χ4v) is 3.85. The molecular weight excluding hydrogens is 527 g/mol. The Balaban J connectivity index is 1.39. The van der Waals surface area contributed by atoms with Crippen molar-refractivity contribution in [2.24, 2.45) is 0 Å². The van der Waals surface area contributed by atoms with Gasteiger partial charge in [-0.1, -0.05) is 78.9 Å². The van der Waals surface area contributed by atoms with Crippen LogP contribution in [0.5, 0.6) is 5.75 Å². The molecule has 0 fully saturated rings. The predicted octanol–water partition coefficient (Wildman–Crippen LogP) is 6.33. The van der Waals surface area contributed by atoms with Crippen LogP contribution in [0, 0.1) is 12.7 Å². The number of hydrogen-bond acceptors (Lipinski definition) is 6. The van der Waals surface area contributed by atoms with Gasteiger partial charge in [-0.15, -0.1) is 0 Å². The summed E-state index contributed by atoms with van der Waals surface area (Å²) in [7, 11) is 0. The SMILES string of the molecule is Cc1c(F)cccc1NC(=O)[C@@H](Cc1ccc(OC(=O)OCc2ccccc2)cc1)NC(=O)OCc1ccccc1. The number of benzene rings is 4. The first kappa shape index (κ1) is 28.8. The van der Waals surface area contributed by atoms with Crippen molar-refractivity contribution in [3.63, 3.8) is 0 Å². The van der Waals surface area contributed by atoms with Crippen LogP contribution in [0.2, 0.25) is 0 Å². The van der Waals surface area contributed by atoms with Crippen molar-refractivity contribution in [3.05, 3.63) is 131 Å². The first-order chi connectivity index (χ1) is 19.9. The summed E-state index contributed by atoms with van der Waals surface area (Å²) in [5.41, 5.74) is 2.84. The fourth-order valence-electron chi connectivity index (χ4n) is 3.85. The van der Waals surface area contributed by atoms with E-state index in [1.165, 1.54) is 12.1 Å². The second-order valence-corrected chi connectivity index (χ2v) is 9.13. The highest BCUT2D eigenvalue weighted by Crippen LogP contribution is 2.19. The van der Waals surface area contributed by atoms with Gasteiger partial charge in [-0.2, -0.15) is 0 Å². The molecule has 0 spiro atoms. The molecule has 41 heavy (non-hydrogen) atoms. The van der Waals surface area contributed by atoms with Gasteiger partial charge in [0.1, 0.15) is 30.8 Å². The maximum atomic E-state index is 14.0. The van der Waals surface area contributed by atoms with Crippen molar-refractivity contribution in [2.45, 2.75) is 32.6 Å². The Morgan fingerprint density at radius 3 is 1.98 bits per heavy atom. The summed E-state index contributed by atoms with van der Waals surface area (Å²) in [6, 6.07) is 28.0. The lowest BCUT2D eigenvalue weighted by atomic mass is 10.0. The lowest BCUT2D eigenvalue weighted by molar-refractivity contribution is -0.118. The van der Waals surface area contributed by atoms with E-state index in [0.717, 1.165) is 11.1 Å². The highest BCUT2D eigenvalue weighted by atomic mass is 19.1. The minimum atomic E-state index is -1.05. The molecule has 2 N–H and O–H groups in total. The third kappa shape index (κ3) is 8.93. The van der Waals surface area contributed by atoms with E-state index in [2.05, 4.69) is 10.6 Å². The molecule has 0 aliphatic heterocycles. The zero-order valence-electron chi connectivity index (χ0n) is 22.3. The molecule has 2 amide bonds. The maximum Gasteiger partial charge on any atom is 0.514 e. The zero-order chi connectivity index (χ0) is 29.0. The highest BCUT2D eigenvalue weighted by molar-refractivity contribution is 5.97. The summed E-state index contributed by atoms with van der Waals surface area (Å²) in [6.45, 7) is 1.65. The molecule has 0 aliphatic carbocycles. The summed E-state index contributed by atoms with van der Waals surface area (Å²) in [5, 5.41) is 5.28. The van der Waals surface area contributed by atoms with Crippen LogP contribution in [0.15, 0.2) is 103 Å². The third-order valence-electron chi connectivity index (χ3n) is 6.11. The number of hydrogen-bond donors (Lipinski definition) is 2. The molecule has 1 atom stereocenters. The smallest absolute Gasteiger partial charge is 0.445 e. The van der Waals surface area contributed by atoms with Crippen LogP contribution in [0.1, 0.15) is 22.3 Å². The maximum absolute atomic E-state index is 14.0. The lowest BCUT2D eigenvalue weighted by Gasteiger charge is -2.19. The molecule has 210 valence electrons. The number of carbonyl (C=O) groups is 3. The van der Waals surface area contributed by atoms with Crippen molar-refractivity contribution >= 4 is 23.8 Å². The molecule has 0 radical (unpaired) electrons. The van der Waals surface area contributed by atoms with Crippen LogP contribution < -0.4 is 15.4 Å². The number of ether oxygens (including phenoxy) is 3. The molecule has 0 bridgehead atoms. The minimum Gasteiger partial charge on any atom is -0.445 e. The number of halogens is 1. The molecule has 0 saturated heterocycles. The first-order valence-corrected chi connectivity index (χ1v) is 12.9. The monoisotopic (exact) mass is 556 g/mol. The Bertz CT molecular complexity index is 1460. The second kappa shape index (κ2) is 14.3. The van der Waals surface area contributed by atoms with E-state index in [-0.39, 0.29) is 36.6 Å². The van der Waals surface area contributed by atoms with Crippen LogP contribution in [0.4, 0.5) is 19.7 Å². The molecule has 0 heterocycles. The van der Waals surface area contributed by atoms with E-state index >= 15 is 0 Å². The van der Waals surface area contributed by atoms with Gasteiger partial charge in [0.15, 0.2) is 0 Å². The van der Waals surface area contributed by atoms with Gasteiger partial charge in [0.25, 0.3) is 0 Å². The third-order valence-corrected chi connectivity index (χ3v) is 6.11. The Morgan fingerprint density at radius 1 is 0.732 bits per heavy atom. The minimum absolute atomic E-state index is 0.0242. The van der Waals surface area contributed by atoms with E-state index in [0.29, 0.717) is 5.56 Å². The van der Waals surface area contributed by atoms with Gasteiger partial charge in [0, 0.05) is 17.7 Å². The van der Waals surface area contributed by atoms with Gasteiger partial charge in [0.2, 0.25) is 5.91 Å². The Morgan fingerprint density at radius 2 is 1.34 bits per heavy atom. The fraction of sp³-hybridized carbons (Fsp3) is 0.156. The average molecular weight is 557 g/mol. The highest BCUT2D eigenvalue weighted by Gasteiger charge is 2.23. The topological polar surface area (TPSA) is 103 Å². The molecule has 0 saturated carbocycles. The molecule has 4 aromatic carbocycles. The average Bonchev–Trinajstić information content (AvgIpc) is 2.99. The van der Waals surface area contributed by atoms with Crippen molar-refractivity contribution in [2.75, 3.05) is 5.32 Å². The summed E-state index contributed by atoms with van der Waals surface area (Å²) in [4.78, 5) is 37.9. The number of nitrogens with one attached hydrogen (secondary N) is 2. The van der Waals surface area contributed by atoms with Gasteiger partial charge < -0.3 is 24.8 Å². The lowest BCUT2D eigenvalue weighted by Crippen LogP contribution is -2.45. The standard InChI is InChI=1S/C32H29FN2O6/c1-22-27(33)13-8-14-28(22)34-30(36)29(35-31(37)39-20-24-9-4-2-5-10-24)19-23-15-17-26(18-16-23)41-32(38)40-21-25-11-6-3-7-12-25/h2-18,29H,19-21H2,1H3,(H,34,36)(H,35,37)/t29-/m1/s1. The largest absolute Gasteiger partial charge is 0.514 e. The predicted molar refractivity (Wildman–Crippen MR) is 151 cm³/mol. The Labute approximate surface area is 237 Å². The number of rotatable bonds is 10. The number of carbonyl (C=O) groups excluding carboxylic acids is 3. The van der Waals surface area contributed by atoms with Crippen molar-refractivity contribution < 1.29 is 33.0 Å². The van der Waals surface area contributed by atoms with Crippen molar-refractivity contribution in [1.82, 2.24) is 5.32 Å². The Kier molecular flexibility index (Phi) is 10.0. The van der Waals surface area contributed by atoms with Crippen LogP contribution in [0.25, 0.3) is 0 Å². The molecule has 8 nitrogen and oxygen atoms in total. The molecule has 0 unspecified atom stereocenters. The van der Waals surface area contributed by atoms with E-state index in [9.17, 15) is 18.8 Å². The number of alkyl carbamates (subject to hydrolysis) is 1. The number of anilines is 1. The van der Waals surface area contributed by atoms with Gasteiger partial charge in [-0.3, -0.25) is 4.79 Å². The van der Waals surface area contributed by atoms with E-state index in [1.807, 2.05) is 60.7 Å². The van der Waals surface area contributed by atoms with Crippen molar-refractivity contribution in [3.8, 4) is 5.75 Å². The summed E-state index contributed by atoms with van der Waals surface area (Å²) in [6.07, 6.45) is -1.56. The van der Waals surface area contributed by atoms with Gasteiger partial charge in [-0.25, -0.2) is 14.0 Å². The first-order valence-electron chi connectivity index (χ1n) is 12.9. The van der Waals surface area contributed by atoms with Crippen molar-refractivity contribution in [1.29, 1.82) is 0 Å². The quantitative estimate of drug-likeness (QED) is 0.175. The van der Waals surface area contributed by atoms with Gasteiger partial charge >= 0.3 is 12.2 Å². The van der Waals surface area contributed by atoms with Gasteiger partial charge in [0.05, 0.1) is 0 Å².